The molecule has 12 heavy (non-hydrogen) atoms. The molecule has 0 bridgehead atoms. The zero-order valence-corrected chi connectivity index (χ0v) is 7.57. The number of halogens is 2. The van der Waals surface area contributed by atoms with E-state index in [1.54, 1.807) is 19.9 Å². The van der Waals surface area contributed by atoms with E-state index in [9.17, 15) is 9.18 Å². The van der Waals surface area contributed by atoms with Gasteiger partial charge in [0.25, 0.3) is 5.24 Å². The third-order valence-electron chi connectivity index (χ3n) is 1.87. The fourth-order valence-corrected chi connectivity index (χ4v) is 1.08. The molecule has 0 aliphatic rings. The van der Waals surface area contributed by atoms with Crippen molar-refractivity contribution in [3.63, 3.8) is 0 Å². The third-order valence-corrected chi connectivity index (χ3v) is 2.07. The maximum atomic E-state index is 13.2. The van der Waals surface area contributed by atoms with E-state index >= 15 is 0 Å². The number of hydrogen-bond acceptors (Lipinski definition) is 1. The number of rotatable bonds is 1. The monoisotopic (exact) mass is 186 g/mol. The van der Waals surface area contributed by atoms with E-state index in [1.807, 2.05) is 0 Å². The first-order valence-corrected chi connectivity index (χ1v) is 3.87. The maximum Gasteiger partial charge on any atom is 0.255 e. The number of hydrogen-bond donors (Lipinski definition) is 0. The van der Waals surface area contributed by atoms with Gasteiger partial charge in [-0.15, -0.1) is 0 Å². The Morgan fingerprint density at radius 1 is 1.42 bits per heavy atom. The molecule has 0 atom stereocenters. The van der Waals surface area contributed by atoms with Gasteiger partial charge in [0.2, 0.25) is 0 Å². The van der Waals surface area contributed by atoms with Crippen LogP contribution in [0.1, 0.15) is 21.5 Å². The number of carbonyl (C=O) groups is 1. The lowest BCUT2D eigenvalue weighted by Gasteiger charge is -2.03. The quantitative estimate of drug-likeness (QED) is 0.617. The molecule has 0 aliphatic heterocycles. The highest BCUT2D eigenvalue weighted by Crippen LogP contribution is 2.17. The second-order valence-corrected chi connectivity index (χ2v) is 2.99. The first-order chi connectivity index (χ1) is 5.54. The van der Waals surface area contributed by atoms with Gasteiger partial charge in [-0.25, -0.2) is 4.39 Å². The van der Waals surface area contributed by atoms with Gasteiger partial charge < -0.3 is 0 Å². The van der Waals surface area contributed by atoms with Crippen LogP contribution in [0.2, 0.25) is 0 Å². The molecule has 0 heterocycles. The smallest absolute Gasteiger partial charge is 0.255 e. The van der Waals surface area contributed by atoms with Crippen molar-refractivity contribution in [2.24, 2.45) is 0 Å². The predicted molar refractivity (Wildman–Crippen MR) is 46.1 cm³/mol. The molecule has 64 valence electrons. The summed E-state index contributed by atoms with van der Waals surface area (Å²) in [4.78, 5) is 10.7. The molecule has 0 fully saturated rings. The van der Waals surface area contributed by atoms with Crippen molar-refractivity contribution in [2.45, 2.75) is 13.8 Å². The van der Waals surface area contributed by atoms with Crippen LogP contribution in [0, 0.1) is 19.7 Å². The Balaban J connectivity index is 3.36. The van der Waals surface area contributed by atoms with Crippen LogP contribution in [-0.4, -0.2) is 5.24 Å². The topological polar surface area (TPSA) is 17.1 Å². The number of aryl methyl sites for hydroxylation is 1. The molecule has 3 heteroatoms. The summed E-state index contributed by atoms with van der Waals surface area (Å²) in [6.07, 6.45) is 0. The van der Waals surface area contributed by atoms with Crippen molar-refractivity contribution >= 4 is 16.8 Å². The molecule has 1 nitrogen and oxygen atoms in total. The highest BCUT2D eigenvalue weighted by molar-refractivity contribution is 6.67. The van der Waals surface area contributed by atoms with Gasteiger partial charge in [0, 0.05) is 0 Å². The molecule has 0 unspecified atom stereocenters. The minimum absolute atomic E-state index is 0.0558. The standard InChI is InChI=1S/C9H8ClFO/c1-5-3-4-7(9(10)12)8(11)6(5)2/h3-4H,1-2H3. The second-order valence-electron chi connectivity index (χ2n) is 2.64. The van der Waals surface area contributed by atoms with Gasteiger partial charge in [0.05, 0.1) is 5.56 Å². The molecule has 1 aromatic carbocycles. The Labute approximate surface area is 75.2 Å². The Morgan fingerprint density at radius 3 is 2.50 bits per heavy atom. The van der Waals surface area contributed by atoms with E-state index in [0.717, 1.165) is 5.56 Å². The van der Waals surface area contributed by atoms with E-state index in [4.69, 9.17) is 11.6 Å². The molecule has 0 radical (unpaired) electrons. The van der Waals surface area contributed by atoms with Gasteiger partial charge in [-0.05, 0) is 42.6 Å². The largest absolute Gasteiger partial charge is 0.275 e. The average Bonchev–Trinajstić information content (AvgIpc) is 2.00. The lowest BCUT2D eigenvalue weighted by Crippen LogP contribution is -1.98. The lowest BCUT2D eigenvalue weighted by molar-refractivity contribution is 0.107. The van der Waals surface area contributed by atoms with Gasteiger partial charge in [-0.2, -0.15) is 0 Å². The van der Waals surface area contributed by atoms with Crippen LogP contribution in [0.15, 0.2) is 12.1 Å². The minimum atomic E-state index is -0.754. The van der Waals surface area contributed by atoms with Crippen LogP contribution in [0.25, 0.3) is 0 Å². The Bertz CT molecular complexity index is 334. The molecule has 0 aliphatic carbocycles. The fraction of sp³-hybridized carbons (Fsp3) is 0.222. The zero-order chi connectivity index (χ0) is 9.30. The maximum absolute atomic E-state index is 13.2. The van der Waals surface area contributed by atoms with Crippen LogP contribution in [0.4, 0.5) is 4.39 Å². The summed E-state index contributed by atoms with van der Waals surface area (Å²) in [6.45, 7) is 3.40. The number of benzene rings is 1. The van der Waals surface area contributed by atoms with E-state index in [1.165, 1.54) is 6.07 Å². The van der Waals surface area contributed by atoms with Crippen LogP contribution >= 0.6 is 11.6 Å². The SMILES string of the molecule is Cc1ccc(C(=O)Cl)c(F)c1C. The molecular formula is C9H8ClFO. The summed E-state index contributed by atoms with van der Waals surface area (Å²) >= 11 is 5.15. The highest BCUT2D eigenvalue weighted by atomic mass is 35.5. The van der Waals surface area contributed by atoms with Crippen molar-refractivity contribution in [1.82, 2.24) is 0 Å². The van der Waals surface area contributed by atoms with Crippen molar-refractivity contribution in [3.8, 4) is 0 Å². The summed E-state index contributed by atoms with van der Waals surface area (Å²) in [7, 11) is 0. The summed E-state index contributed by atoms with van der Waals surface area (Å²) in [5, 5.41) is -0.754. The molecule has 0 N–H and O–H groups in total. The average molecular weight is 187 g/mol. The van der Waals surface area contributed by atoms with Crippen LogP contribution in [0.5, 0.6) is 0 Å². The molecule has 0 spiro atoms. The first kappa shape index (κ1) is 9.20. The van der Waals surface area contributed by atoms with Crippen LogP contribution in [-0.2, 0) is 0 Å². The van der Waals surface area contributed by atoms with Crippen LogP contribution < -0.4 is 0 Å². The van der Waals surface area contributed by atoms with E-state index in [2.05, 4.69) is 0 Å². The van der Waals surface area contributed by atoms with Crippen molar-refractivity contribution in [3.05, 3.63) is 34.6 Å². The van der Waals surface area contributed by atoms with Crippen molar-refractivity contribution in [2.75, 3.05) is 0 Å². The van der Waals surface area contributed by atoms with Gasteiger partial charge in [-0.1, -0.05) is 6.07 Å². The number of carbonyl (C=O) groups excluding carboxylic acids is 1. The molecule has 0 aromatic heterocycles. The summed E-state index contributed by atoms with van der Waals surface area (Å²) in [5.74, 6) is -0.519. The molecule has 0 saturated heterocycles. The minimum Gasteiger partial charge on any atom is -0.275 e. The Morgan fingerprint density at radius 2 is 2.00 bits per heavy atom. The van der Waals surface area contributed by atoms with E-state index < -0.39 is 11.1 Å². The highest BCUT2D eigenvalue weighted by Gasteiger charge is 2.11. The Hall–Kier alpha value is -0.890. The zero-order valence-electron chi connectivity index (χ0n) is 6.82. The Kier molecular flexibility index (Phi) is 2.48. The first-order valence-electron chi connectivity index (χ1n) is 3.49. The molecular weight excluding hydrogens is 179 g/mol. The van der Waals surface area contributed by atoms with Gasteiger partial charge >= 0.3 is 0 Å². The summed E-state index contributed by atoms with van der Waals surface area (Å²) in [6, 6.07) is 3.07. The third kappa shape index (κ3) is 1.48. The van der Waals surface area contributed by atoms with E-state index in [-0.39, 0.29) is 5.56 Å². The molecule has 0 amide bonds. The van der Waals surface area contributed by atoms with Gasteiger partial charge in [0.15, 0.2) is 0 Å². The predicted octanol–water partition coefficient (Wildman–Crippen LogP) is 2.82. The van der Waals surface area contributed by atoms with Crippen LogP contribution in [0.3, 0.4) is 0 Å². The van der Waals surface area contributed by atoms with Gasteiger partial charge in [-0.3, -0.25) is 4.79 Å². The fourth-order valence-electron chi connectivity index (χ4n) is 0.933. The molecule has 1 aromatic rings. The van der Waals surface area contributed by atoms with Crippen molar-refractivity contribution in [1.29, 1.82) is 0 Å². The second kappa shape index (κ2) is 3.23. The summed E-state index contributed by atoms with van der Waals surface area (Å²) in [5.41, 5.74) is 1.23. The molecule has 1 rings (SSSR count). The van der Waals surface area contributed by atoms with E-state index in [0.29, 0.717) is 5.56 Å². The lowest BCUT2D eigenvalue weighted by atomic mass is 10.1. The normalized spacial score (nSPS) is 10.0. The summed E-state index contributed by atoms with van der Waals surface area (Å²) < 4.78 is 13.2. The molecule has 0 saturated carbocycles. The van der Waals surface area contributed by atoms with Crippen molar-refractivity contribution < 1.29 is 9.18 Å². The van der Waals surface area contributed by atoms with Gasteiger partial charge in [0.1, 0.15) is 5.82 Å².